The fourth-order valence-corrected chi connectivity index (χ4v) is 2.43. The second-order valence-electron chi connectivity index (χ2n) is 4.80. The molecule has 0 heterocycles. The maximum Gasteiger partial charge on any atom is 0.121 e. The molecule has 3 heteroatoms. The van der Waals surface area contributed by atoms with E-state index in [0.717, 1.165) is 22.0 Å². The first-order valence-electron chi connectivity index (χ1n) is 6.72. The fraction of sp³-hybridized carbons (Fsp3) is 0.0556. The molecule has 0 saturated carbocycles. The molecule has 0 aromatic heterocycles. The van der Waals surface area contributed by atoms with Crippen LogP contribution in [0.4, 0.5) is 5.69 Å². The van der Waals surface area contributed by atoms with Crippen molar-refractivity contribution in [3.8, 4) is 11.8 Å². The average Bonchev–Trinajstić information content (AvgIpc) is 2.54. The van der Waals surface area contributed by atoms with E-state index in [2.05, 4.69) is 11.4 Å². The summed E-state index contributed by atoms with van der Waals surface area (Å²) in [5.74, 6) is 0.260. The van der Waals surface area contributed by atoms with Gasteiger partial charge in [-0.15, -0.1) is 0 Å². The van der Waals surface area contributed by atoms with Crippen molar-refractivity contribution >= 4 is 16.5 Å². The summed E-state index contributed by atoms with van der Waals surface area (Å²) < 4.78 is 0. The summed E-state index contributed by atoms with van der Waals surface area (Å²) in [4.78, 5) is 0. The number of para-hydroxylation sites is 1. The fourth-order valence-electron chi connectivity index (χ4n) is 2.43. The van der Waals surface area contributed by atoms with E-state index in [1.165, 1.54) is 0 Å². The van der Waals surface area contributed by atoms with Crippen LogP contribution in [0.25, 0.3) is 10.8 Å². The Bertz CT molecular complexity index is 834. The highest BCUT2D eigenvalue weighted by Crippen LogP contribution is 2.28. The van der Waals surface area contributed by atoms with E-state index in [-0.39, 0.29) is 5.75 Å². The van der Waals surface area contributed by atoms with Gasteiger partial charge in [-0.1, -0.05) is 42.5 Å². The van der Waals surface area contributed by atoms with Crippen LogP contribution in [0, 0.1) is 11.3 Å². The summed E-state index contributed by atoms with van der Waals surface area (Å²) in [6, 6.07) is 21.0. The van der Waals surface area contributed by atoms with Gasteiger partial charge < -0.3 is 10.4 Å². The van der Waals surface area contributed by atoms with Crippen LogP contribution in [0.5, 0.6) is 5.75 Å². The minimum atomic E-state index is 0.260. The van der Waals surface area contributed by atoms with Crippen LogP contribution >= 0.6 is 0 Å². The second-order valence-corrected chi connectivity index (χ2v) is 4.80. The largest absolute Gasteiger partial charge is 0.508 e. The first-order valence-corrected chi connectivity index (χ1v) is 6.72. The van der Waals surface area contributed by atoms with Gasteiger partial charge >= 0.3 is 0 Å². The quantitative estimate of drug-likeness (QED) is 0.758. The van der Waals surface area contributed by atoms with Gasteiger partial charge in [-0.2, -0.15) is 5.26 Å². The number of nitrogens with one attached hydrogen (secondary N) is 1. The standard InChI is InChI=1S/C18H14N2O/c19-11-14-6-2-4-8-17(14)20-12-16-15-7-3-1-5-13(15)9-10-18(16)21/h1-10,20-21H,12H2. The molecule has 0 radical (unpaired) electrons. The molecule has 0 fully saturated rings. The molecule has 0 aliphatic carbocycles. The van der Waals surface area contributed by atoms with Crippen molar-refractivity contribution in [2.75, 3.05) is 5.32 Å². The lowest BCUT2D eigenvalue weighted by Crippen LogP contribution is -2.02. The minimum Gasteiger partial charge on any atom is -0.508 e. The summed E-state index contributed by atoms with van der Waals surface area (Å²) in [6.45, 7) is 0.464. The first kappa shape index (κ1) is 13.0. The lowest BCUT2D eigenvalue weighted by molar-refractivity contribution is 0.470. The lowest BCUT2D eigenvalue weighted by atomic mass is 10.0. The zero-order chi connectivity index (χ0) is 14.7. The normalized spacial score (nSPS) is 10.2. The molecule has 3 aromatic rings. The molecular weight excluding hydrogens is 260 g/mol. The molecule has 0 aliphatic rings. The molecule has 3 rings (SSSR count). The van der Waals surface area contributed by atoms with Crippen molar-refractivity contribution in [1.82, 2.24) is 0 Å². The minimum absolute atomic E-state index is 0.260. The molecular formula is C18H14N2O. The summed E-state index contributed by atoms with van der Waals surface area (Å²) in [7, 11) is 0. The van der Waals surface area contributed by atoms with Gasteiger partial charge in [0.15, 0.2) is 0 Å². The van der Waals surface area contributed by atoms with E-state index < -0.39 is 0 Å². The van der Waals surface area contributed by atoms with Crippen LogP contribution in [-0.2, 0) is 6.54 Å². The Hall–Kier alpha value is -2.99. The van der Waals surface area contributed by atoms with Crippen LogP contribution in [0.1, 0.15) is 11.1 Å². The number of aromatic hydroxyl groups is 1. The van der Waals surface area contributed by atoms with Gasteiger partial charge in [0, 0.05) is 12.1 Å². The summed E-state index contributed by atoms with van der Waals surface area (Å²) in [5.41, 5.74) is 2.20. The number of phenolic OH excluding ortho intramolecular Hbond substituents is 1. The highest BCUT2D eigenvalue weighted by atomic mass is 16.3. The summed E-state index contributed by atoms with van der Waals surface area (Å²) in [6.07, 6.45) is 0. The molecule has 0 atom stereocenters. The number of nitrogens with zero attached hydrogens (tertiary/aromatic N) is 1. The Morgan fingerprint density at radius 2 is 1.71 bits per heavy atom. The molecule has 0 saturated heterocycles. The Morgan fingerprint density at radius 1 is 0.952 bits per heavy atom. The third-order valence-electron chi connectivity index (χ3n) is 3.52. The second kappa shape index (κ2) is 5.56. The van der Waals surface area contributed by atoms with Crippen molar-refractivity contribution in [2.45, 2.75) is 6.54 Å². The number of phenols is 1. The zero-order valence-electron chi connectivity index (χ0n) is 11.4. The maximum atomic E-state index is 10.1. The Kier molecular flexibility index (Phi) is 3.44. The lowest BCUT2D eigenvalue weighted by Gasteiger charge is -2.12. The first-order chi connectivity index (χ1) is 10.3. The third kappa shape index (κ3) is 2.52. The van der Waals surface area contributed by atoms with Crippen LogP contribution < -0.4 is 5.32 Å². The van der Waals surface area contributed by atoms with Gasteiger partial charge in [0.25, 0.3) is 0 Å². The number of anilines is 1. The van der Waals surface area contributed by atoms with E-state index in [1.807, 2.05) is 48.5 Å². The number of fused-ring (bicyclic) bond motifs is 1. The number of hydrogen-bond donors (Lipinski definition) is 2. The molecule has 2 N–H and O–H groups in total. The van der Waals surface area contributed by atoms with Gasteiger partial charge in [0.1, 0.15) is 11.8 Å². The number of nitriles is 1. The predicted molar refractivity (Wildman–Crippen MR) is 84.1 cm³/mol. The molecule has 0 bridgehead atoms. The molecule has 0 unspecified atom stereocenters. The topological polar surface area (TPSA) is 56.0 Å². The highest BCUT2D eigenvalue weighted by molar-refractivity contribution is 5.87. The van der Waals surface area contributed by atoms with Crippen molar-refractivity contribution in [1.29, 1.82) is 5.26 Å². The van der Waals surface area contributed by atoms with E-state index in [9.17, 15) is 5.11 Å². The van der Waals surface area contributed by atoms with Crippen LogP contribution in [0.3, 0.4) is 0 Å². The van der Waals surface area contributed by atoms with Crippen LogP contribution in [0.2, 0.25) is 0 Å². The van der Waals surface area contributed by atoms with Crippen molar-refractivity contribution in [2.24, 2.45) is 0 Å². The molecule has 3 nitrogen and oxygen atoms in total. The average molecular weight is 274 g/mol. The highest BCUT2D eigenvalue weighted by Gasteiger charge is 2.07. The van der Waals surface area contributed by atoms with Gasteiger partial charge in [-0.25, -0.2) is 0 Å². The molecule has 0 spiro atoms. The molecule has 102 valence electrons. The third-order valence-corrected chi connectivity index (χ3v) is 3.52. The van der Waals surface area contributed by atoms with Crippen molar-refractivity contribution in [3.05, 3.63) is 71.8 Å². The van der Waals surface area contributed by atoms with Gasteiger partial charge in [0.2, 0.25) is 0 Å². The molecule has 0 amide bonds. The van der Waals surface area contributed by atoms with Gasteiger partial charge in [-0.05, 0) is 29.0 Å². The Labute approximate surface area is 123 Å². The van der Waals surface area contributed by atoms with Crippen molar-refractivity contribution < 1.29 is 5.11 Å². The van der Waals surface area contributed by atoms with Crippen LogP contribution in [-0.4, -0.2) is 5.11 Å². The van der Waals surface area contributed by atoms with Crippen molar-refractivity contribution in [3.63, 3.8) is 0 Å². The van der Waals surface area contributed by atoms with E-state index >= 15 is 0 Å². The van der Waals surface area contributed by atoms with E-state index in [0.29, 0.717) is 12.1 Å². The SMILES string of the molecule is N#Cc1ccccc1NCc1c(O)ccc2ccccc12. The van der Waals surface area contributed by atoms with Gasteiger partial charge in [0.05, 0.1) is 11.3 Å². The summed E-state index contributed by atoms with van der Waals surface area (Å²) >= 11 is 0. The van der Waals surface area contributed by atoms with E-state index in [4.69, 9.17) is 5.26 Å². The molecule has 21 heavy (non-hydrogen) atoms. The van der Waals surface area contributed by atoms with Crippen LogP contribution in [0.15, 0.2) is 60.7 Å². The number of benzene rings is 3. The monoisotopic (exact) mass is 274 g/mol. The number of rotatable bonds is 3. The smallest absolute Gasteiger partial charge is 0.121 e. The Morgan fingerprint density at radius 3 is 2.57 bits per heavy atom. The predicted octanol–water partition coefficient (Wildman–Crippen LogP) is 4.03. The summed E-state index contributed by atoms with van der Waals surface area (Å²) in [5, 5.41) is 24.5. The zero-order valence-corrected chi connectivity index (χ0v) is 11.4. The molecule has 0 aliphatic heterocycles. The maximum absolute atomic E-state index is 10.1. The number of hydrogen-bond acceptors (Lipinski definition) is 3. The molecule has 3 aromatic carbocycles. The Balaban J connectivity index is 1.96. The van der Waals surface area contributed by atoms with E-state index in [1.54, 1.807) is 12.1 Å². The van der Waals surface area contributed by atoms with Gasteiger partial charge in [-0.3, -0.25) is 0 Å².